The highest BCUT2D eigenvalue weighted by atomic mass is 16.5. The number of rotatable bonds is 2. The van der Waals surface area contributed by atoms with Crippen molar-refractivity contribution in [2.45, 2.75) is 0 Å². The van der Waals surface area contributed by atoms with Gasteiger partial charge in [-0.2, -0.15) is 0 Å². The van der Waals surface area contributed by atoms with Crippen LogP contribution in [0.15, 0.2) is 21.0 Å². The molecular weight excluding hydrogens is 292 g/mol. The molecule has 0 saturated carbocycles. The first kappa shape index (κ1) is 13.8. The monoisotopic (exact) mass is 304 g/mol. The molecule has 0 unspecified atom stereocenters. The Bertz CT molecular complexity index is 844. The Morgan fingerprint density at radius 3 is 1.55 bits per heavy atom. The largest absolute Gasteiger partial charge is 0.465 e. The molecule has 2 aromatic heterocycles. The number of esters is 2. The first-order valence-electron chi connectivity index (χ1n) is 6.18. The van der Waals surface area contributed by atoms with Crippen LogP contribution in [0.5, 0.6) is 0 Å². The predicted octanol–water partition coefficient (Wildman–Crippen LogP) is 1.92. The normalized spacial score (nSPS) is 11.0. The van der Waals surface area contributed by atoms with Crippen molar-refractivity contribution in [2.75, 3.05) is 25.7 Å². The van der Waals surface area contributed by atoms with E-state index in [-0.39, 0.29) is 22.9 Å². The van der Waals surface area contributed by atoms with E-state index in [4.69, 9.17) is 20.3 Å². The highest BCUT2D eigenvalue weighted by Crippen LogP contribution is 2.36. The lowest BCUT2D eigenvalue weighted by Gasteiger charge is -1.97. The van der Waals surface area contributed by atoms with Crippen molar-refractivity contribution in [1.29, 1.82) is 0 Å². The molecule has 4 N–H and O–H groups in total. The molecule has 0 spiro atoms. The zero-order valence-corrected chi connectivity index (χ0v) is 11.8. The van der Waals surface area contributed by atoms with Gasteiger partial charge in [0.1, 0.15) is 22.3 Å². The molecule has 0 radical (unpaired) electrons. The first-order chi connectivity index (χ1) is 10.5. The van der Waals surface area contributed by atoms with E-state index >= 15 is 0 Å². The van der Waals surface area contributed by atoms with Gasteiger partial charge in [-0.3, -0.25) is 0 Å². The molecule has 8 nitrogen and oxygen atoms in total. The van der Waals surface area contributed by atoms with E-state index in [9.17, 15) is 9.59 Å². The van der Waals surface area contributed by atoms with Gasteiger partial charge in [-0.15, -0.1) is 0 Å². The highest BCUT2D eigenvalue weighted by Gasteiger charge is 2.25. The minimum absolute atomic E-state index is 0.0814. The molecule has 2 heterocycles. The summed E-state index contributed by atoms with van der Waals surface area (Å²) in [5, 5.41) is 0.809. The summed E-state index contributed by atoms with van der Waals surface area (Å²) >= 11 is 0. The van der Waals surface area contributed by atoms with Gasteiger partial charge >= 0.3 is 11.9 Å². The van der Waals surface area contributed by atoms with Gasteiger partial charge in [0.2, 0.25) is 11.8 Å². The van der Waals surface area contributed by atoms with Gasteiger partial charge in [-0.1, -0.05) is 0 Å². The number of fused-ring (bicyclic) bond motifs is 2. The number of ether oxygens (including phenoxy) is 2. The molecule has 0 fully saturated rings. The summed E-state index contributed by atoms with van der Waals surface area (Å²) in [6.45, 7) is 0. The van der Waals surface area contributed by atoms with E-state index in [0.717, 1.165) is 0 Å². The molecule has 114 valence electrons. The van der Waals surface area contributed by atoms with Crippen molar-refractivity contribution in [2.24, 2.45) is 0 Å². The molecule has 3 rings (SSSR count). The second kappa shape index (κ2) is 4.69. The van der Waals surface area contributed by atoms with Crippen LogP contribution in [0.4, 0.5) is 11.8 Å². The van der Waals surface area contributed by atoms with Gasteiger partial charge in [-0.05, 0) is 12.1 Å². The number of carbonyl (C=O) groups excluding carboxylic acids is 2. The Morgan fingerprint density at radius 1 is 0.864 bits per heavy atom. The van der Waals surface area contributed by atoms with Crippen molar-refractivity contribution in [3.63, 3.8) is 0 Å². The maximum absolute atomic E-state index is 11.8. The summed E-state index contributed by atoms with van der Waals surface area (Å²) in [6, 6.07) is 3.03. The molecule has 0 aliphatic rings. The van der Waals surface area contributed by atoms with Gasteiger partial charge in [0.25, 0.3) is 0 Å². The molecule has 0 atom stereocenters. The Labute approximate surface area is 123 Å². The maximum atomic E-state index is 11.8. The molecule has 3 aromatic rings. The van der Waals surface area contributed by atoms with Crippen LogP contribution in [-0.2, 0) is 9.47 Å². The summed E-state index contributed by atoms with van der Waals surface area (Å²) in [6.07, 6.45) is 0. The number of hydrogen-bond donors (Lipinski definition) is 2. The molecular formula is C14H12N2O6. The maximum Gasteiger partial charge on any atom is 0.344 e. The second-order valence-electron chi connectivity index (χ2n) is 4.51. The number of carbonyl (C=O) groups is 2. The minimum Gasteiger partial charge on any atom is -0.465 e. The SMILES string of the molecule is COC(=O)c1c(N)oc2cc3c(C(=O)OC)c(N)oc3cc12. The smallest absolute Gasteiger partial charge is 0.344 e. The number of hydrogen-bond acceptors (Lipinski definition) is 8. The van der Waals surface area contributed by atoms with Crippen LogP contribution < -0.4 is 11.5 Å². The van der Waals surface area contributed by atoms with Crippen LogP contribution in [0.25, 0.3) is 21.9 Å². The van der Waals surface area contributed by atoms with Gasteiger partial charge in [0.05, 0.1) is 14.2 Å². The number of benzene rings is 1. The van der Waals surface area contributed by atoms with Crippen molar-refractivity contribution >= 4 is 45.6 Å². The molecule has 0 aliphatic carbocycles. The molecule has 8 heteroatoms. The summed E-state index contributed by atoms with van der Waals surface area (Å²) < 4.78 is 20.0. The van der Waals surface area contributed by atoms with Crippen LogP contribution in [0.3, 0.4) is 0 Å². The summed E-state index contributed by atoms with van der Waals surface area (Å²) in [5.74, 6) is -1.43. The van der Waals surface area contributed by atoms with E-state index in [1.807, 2.05) is 0 Å². The fourth-order valence-corrected chi connectivity index (χ4v) is 2.35. The van der Waals surface area contributed by atoms with E-state index in [2.05, 4.69) is 9.47 Å². The second-order valence-corrected chi connectivity index (χ2v) is 4.51. The fourth-order valence-electron chi connectivity index (χ4n) is 2.35. The Morgan fingerprint density at radius 2 is 1.23 bits per heavy atom. The number of methoxy groups -OCH3 is 2. The topological polar surface area (TPSA) is 131 Å². The number of anilines is 2. The lowest BCUT2D eigenvalue weighted by atomic mass is 10.1. The average Bonchev–Trinajstić information content (AvgIpc) is 2.98. The van der Waals surface area contributed by atoms with Gasteiger partial charge in [0.15, 0.2) is 0 Å². The Hall–Kier alpha value is -3.16. The Kier molecular flexibility index (Phi) is 2.94. The van der Waals surface area contributed by atoms with Crippen LogP contribution in [0.2, 0.25) is 0 Å². The van der Waals surface area contributed by atoms with Crippen LogP contribution in [-0.4, -0.2) is 26.2 Å². The predicted molar refractivity (Wildman–Crippen MR) is 77.5 cm³/mol. The van der Waals surface area contributed by atoms with E-state index in [1.165, 1.54) is 26.4 Å². The molecule has 0 saturated heterocycles. The summed E-state index contributed by atoms with van der Waals surface area (Å²) in [5.41, 5.74) is 12.2. The summed E-state index contributed by atoms with van der Waals surface area (Å²) in [4.78, 5) is 23.6. The molecule has 0 bridgehead atoms. The Balaban J connectivity index is 2.36. The molecule has 22 heavy (non-hydrogen) atoms. The quantitative estimate of drug-likeness (QED) is 0.686. The van der Waals surface area contributed by atoms with Crippen molar-refractivity contribution in [3.05, 3.63) is 23.3 Å². The number of nitrogens with two attached hydrogens (primary N) is 2. The van der Waals surface area contributed by atoms with Crippen LogP contribution >= 0.6 is 0 Å². The lowest BCUT2D eigenvalue weighted by Crippen LogP contribution is -2.03. The molecule has 1 aromatic carbocycles. The van der Waals surface area contributed by atoms with E-state index in [0.29, 0.717) is 21.9 Å². The minimum atomic E-state index is -0.636. The average molecular weight is 304 g/mol. The van der Waals surface area contributed by atoms with Crippen molar-refractivity contribution in [3.8, 4) is 0 Å². The van der Waals surface area contributed by atoms with Crippen LogP contribution in [0, 0.1) is 0 Å². The van der Waals surface area contributed by atoms with Crippen molar-refractivity contribution in [1.82, 2.24) is 0 Å². The number of nitrogen functional groups attached to an aromatic ring is 2. The zero-order chi connectivity index (χ0) is 16.0. The van der Waals surface area contributed by atoms with E-state index in [1.54, 1.807) is 0 Å². The third kappa shape index (κ3) is 1.77. The van der Waals surface area contributed by atoms with Crippen LogP contribution in [0.1, 0.15) is 20.7 Å². The summed E-state index contributed by atoms with van der Waals surface area (Å²) in [7, 11) is 2.47. The van der Waals surface area contributed by atoms with Gasteiger partial charge in [0, 0.05) is 10.8 Å². The third-order valence-corrected chi connectivity index (χ3v) is 3.33. The first-order valence-corrected chi connectivity index (χ1v) is 6.18. The fraction of sp³-hybridized carbons (Fsp3) is 0.143. The number of furan rings is 2. The van der Waals surface area contributed by atoms with Gasteiger partial charge in [-0.25, -0.2) is 9.59 Å². The van der Waals surface area contributed by atoms with Gasteiger partial charge < -0.3 is 29.8 Å². The standard InChI is InChI=1S/C14H12N2O6/c1-19-13(17)9-5-3-8-6(4-7(5)21-11(9)15)10(12(16)22-8)14(18)20-2/h3-4H,15-16H2,1-2H3. The molecule has 0 aliphatic heterocycles. The third-order valence-electron chi connectivity index (χ3n) is 3.33. The molecule has 0 amide bonds. The highest BCUT2D eigenvalue weighted by molar-refractivity contribution is 6.14. The lowest BCUT2D eigenvalue weighted by molar-refractivity contribution is 0.0594. The zero-order valence-electron chi connectivity index (χ0n) is 11.8. The van der Waals surface area contributed by atoms with E-state index < -0.39 is 11.9 Å². The van der Waals surface area contributed by atoms with Crippen molar-refractivity contribution < 1.29 is 27.9 Å².